The van der Waals surface area contributed by atoms with Gasteiger partial charge in [-0.25, -0.2) is 0 Å². The van der Waals surface area contributed by atoms with Crippen LogP contribution in [0.5, 0.6) is 5.75 Å². The molecule has 12 heavy (non-hydrogen) atoms. The second-order valence-corrected chi connectivity index (χ2v) is 2.34. The van der Waals surface area contributed by atoms with Crippen molar-refractivity contribution in [1.82, 2.24) is 0 Å². The van der Waals surface area contributed by atoms with Crippen LogP contribution in [0, 0.1) is 0 Å². The number of benzene rings is 1. The fourth-order valence-corrected chi connectivity index (χ4v) is 0.976. The Bertz CT molecular complexity index is 287. The van der Waals surface area contributed by atoms with Gasteiger partial charge in [-0.1, -0.05) is 43.0 Å². The molecule has 0 heterocycles. The van der Waals surface area contributed by atoms with Crippen molar-refractivity contribution in [3.05, 3.63) is 48.6 Å². The second-order valence-electron chi connectivity index (χ2n) is 2.34. The van der Waals surface area contributed by atoms with Crippen LogP contribution < -0.4 is 4.74 Å². The summed E-state index contributed by atoms with van der Waals surface area (Å²) in [6, 6.07) is 7.86. The van der Waals surface area contributed by atoms with E-state index >= 15 is 0 Å². The fraction of sp³-hybridized carbons (Fsp3) is 0.0909. The zero-order valence-corrected chi connectivity index (χ0v) is 7.16. The third-order valence-electron chi connectivity index (χ3n) is 1.55. The third-order valence-corrected chi connectivity index (χ3v) is 1.55. The van der Waals surface area contributed by atoms with Gasteiger partial charge in [0.15, 0.2) is 0 Å². The normalized spacial score (nSPS) is 10.1. The summed E-state index contributed by atoms with van der Waals surface area (Å²) >= 11 is 0. The van der Waals surface area contributed by atoms with Gasteiger partial charge in [-0.2, -0.15) is 0 Å². The van der Waals surface area contributed by atoms with Crippen LogP contribution in [0.4, 0.5) is 0 Å². The molecule has 0 aliphatic rings. The Kier molecular flexibility index (Phi) is 3.15. The number of hydrogen-bond donors (Lipinski definition) is 0. The topological polar surface area (TPSA) is 9.23 Å². The molecule has 1 rings (SSSR count). The molecule has 0 aliphatic carbocycles. The molecule has 1 nitrogen and oxygen atoms in total. The van der Waals surface area contributed by atoms with Crippen molar-refractivity contribution in [2.45, 2.75) is 0 Å². The Hall–Kier alpha value is -1.50. The number of allylic oxidation sites excluding steroid dienone is 2. The van der Waals surface area contributed by atoms with Crippen LogP contribution in [-0.2, 0) is 0 Å². The van der Waals surface area contributed by atoms with E-state index < -0.39 is 0 Å². The maximum atomic E-state index is 5.16. The molecule has 0 radical (unpaired) electrons. The lowest BCUT2D eigenvalue weighted by atomic mass is 10.2. The standard InChI is InChI=1S/C11H12O/c1-3-4-7-10-8-5-6-9-11(10)12-2/h3-9H,1H2,2H3/b7-4+. The van der Waals surface area contributed by atoms with Crippen LogP contribution in [0.1, 0.15) is 5.56 Å². The van der Waals surface area contributed by atoms with Gasteiger partial charge in [0.2, 0.25) is 0 Å². The van der Waals surface area contributed by atoms with Gasteiger partial charge in [-0.3, -0.25) is 0 Å². The molecule has 1 heteroatoms. The monoisotopic (exact) mass is 160 g/mol. The van der Waals surface area contributed by atoms with Gasteiger partial charge >= 0.3 is 0 Å². The van der Waals surface area contributed by atoms with Crippen molar-refractivity contribution in [3.63, 3.8) is 0 Å². The molecule has 0 fully saturated rings. The van der Waals surface area contributed by atoms with E-state index in [0.717, 1.165) is 11.3 Å². The summed E-state index contributed by atoms with van der Waals surface area (Å²) in [5, 5.41) is 0. The summed E-state index contributed by atoms with van der Waals surface area (Å²) in [5.74, 6) is 0.885. The SMILES string of the molecule is C=C/C=C/c1ccccc1OC. The Morgan fingerprint density at radius 3 is 2.75 bits per heavy atom. The van der Waals surface area contributed by atoms with E-state index in [1.807, 2.05) is 36.4 Å². The number of ether oxygens (including phenoxy) is 1. The first-order valence-electron chi connectivity index (χ1n) is 3.80. The van der Waals surface area contributed by atoms with Gasteiger partial charge in [-0.05, 0) is 6.07 Å². The largest absolute Gasteiger partial charge is 0.496 e. The summed E-state index contributed by atoms with van der Waals surface area (Å²) in [5.41, 5.74) is 1.07. The number of hydrogen-bond acceptors (Lipinski definition) is 1. The number of rotatable bonds is 3. The molecular weight excluding hydrogens is 148 g/mol. The molecule has 62 valence electrons. The summed E-state index contributed by atoms with van der Waals surface area (Å²) in [4.78, 5) is 0. The molecule has 1 aromatic carbocycles. The first kappa shape index (κ1) is 8.60. The van der Waals surface area contributed by atoms with Crippen molar-refractivity contribution in [2.75, 3.05) is 7.11 Å². The lowest BCUT2D eigenvalue weighted by Gasteiger charge is -2.02. The summed E-state index contributed by atoms with van der Waals surface area (Å²) in [6.07, 6.45) is 5.59. The zero-order chi connectivity index (χ0) is 8.81. The van der Waals surface area contributed by atoms with Gasteiger partial charge in [-0.15, -0.1) is 0 Å². The van der Waals surface area contributed by atoms with E-state index in [2.05, 4.69) is 6.58 Å². The van der Waals surface area contributed by atoms with Crippen LogP contribution >= 0.6 is 0 Å². The minimum absolute atomic E-state index is 0.885. The van der Waals surface area contributed by atoms with E-state index in [1.54, 1.807) is 13.2 Å². The van der Waals surface area contributed by atoms with E-state index in [1.165, 1.54) is 0 Å². The van der Waals surface area contributed by atoms with Gasteiger partial charge in [0.1, 0.15) is 5.75 Å². The molecule has 0 atom stereocenters. The Labute approximate surface area is 73.0 Å². The maximum Gasteiger partial charge on any atom is 0.126 e. The molecular formula is C11H12O. The van der Waals surface area contributed by atoms with E-state index in [0.29, 0.717) is 0 Å². The van der Waals surface area contributed by atoms with Crippen LogP contribution in [0.25, 0.3) is 6.08 Å². The summed E-state index contributed by atoms with van der Waals surface area (Å²) < 4.78 is 5.16. The highest BCUT2D eigenvalue weighted by Gasteiger charge is 1.94. The quantitative estimate of drug-likeness (QED) is 0.618. The van der Waals surface area contributed by atoms with Crippen molar-refractivity contribution in [1.29, 1.82) is 0 Å². The predicted molar refractivity (Wildman–Crippen MR) is 52.2 cm³/mol. The van der Waals surface area contributed by atoms with Gasteiger partial charge in [0.25, 0.3) is 0 Å². The van der Waals surface area contributed by atoms with E-state index in [-0.39, 0.29) is 0 Å². The van der Waals surface area contributed by atoms with Crippen molar-refractivity contribution < 1.29 is 4.74 Å². The fourth-order valence-electron chi connectivity index (χ4n) is 0.976. The number of para-hydroxylation sites is 1. The lowest BCUT2D eigenvalue weighted by molar-refractivity contribution is 0.414. The molecule has 0 aliphatic heterocycles. The highest BCUT2D eigenvalue weighted by atomic mass is 16.5. The predicted octanol–water partition coefficient (Wildman–Crippen LogP) is 2.89. The molecule has 0 bridgehead atoms. The molecule has 0 spiro atoms. The smallest absolute Gasteiger partial charge is 0.126 e. The summed E-state index contributed by atoms with van der Waals surface area (Å²) in [6.45, 7) is 3.60. The van der Waals surface area contributed by atoms with Gasteiger partial charge in [0, 0.05) is 5.56 Å². The summed E-state index contributed by atoms with van der Waals surface area (Å²) in [7, 11) is 1.67. The first-order chi connectivity index (χ1) is 5.88. The Balaban J connectivity index is 2.96. The van der Waals surface area contributed by atoms with Crippen molar-refractivity contribution in [3.8, 4) is 5.75 Å². The third kappa shape index (κ3) is 1.99. The second kappa shape index (κ2) is 4.39. The molecule has 0 amide bonds. The van der Waals surface area contributed by atoms with Gasteiger partial charge < -0.3 is 4.74 Å². The van der Waals surface area contributed by atoms with Crippen LogP contribution in [0.15, 0.2) is 43.0 Å². The van der Waals surface area contributed by atoms with Crippen LogP contribution in [-0.4, -0.2) is 7.11 Å². The maximum absolute atomic E-state index is 5.16. The highest BCUT2D eigenvalue weighted by molar-refractivity contribution is 5.58. The lowest BCUT2D eigenvalue weighted by Crippen LogP contribution is -1.84. The Morgan fingerprint density at radius 1 is 1.33 bits per heavy atom. The van der Waals surface area contributed by atoms with Crippen molar-refractivity contribution in [2.24, 2.45) is 0 Å². The minimum Gasteiger partial charge on any atom is -0.496 e. The van der Waals surface area contributed by atoms with Crippen LogP contribution in [0.3, 0.4) is 0 Å². The average Bonchev–Trinajstić information content (AvgIpc) is 2.15. The average molecular weight is 160 g/mol. The molecule has 0 unspecified atom stereocenters. The highest BCUT2D eigenvalue weighted by Crippen LogP contribution is 2.18. The van der Waals surface area contributed by atoms with E-state index in [4.69, 9.17) is 4.74 Å². The zero-order valence-electron chi connectivity index (χ0n) is 7.16. The van der Waals surface area contributed by atoms with Crippen molar-refractivity contribution >= 4 is 6.08 Å². The minimum atomic E-state index is 0.885. The van der Waals surface area contributed by atoms with Crippen LogP contribution in [0.2, 0.25) is 0 Å². The Morgan fingerprint density at radius 2 is 2.08 bits per heavy atom. The molecule has 0 aromatic heterocycles. The molecule has 1 aromatic rings. The molecule has 0 saturated heterocycles. The first-order valence-corrected chi connectivity index (χ1v) is 3.80. The molecule has 0 N–H and O–H groups in total. The van der Waals surface area contributed by atoms with E-state index in [9.17, 15) is 0 Å². The van der Waals surface area contributed by atoms with Gasteiger partial charge in [0.05, 0.1) is 7.11 Å². The number of methoxy groups -OCH3 is 1. The molecule has 0 saturated carbocycles.